The largest absolute Gasteiger partial charge is 0.493 e. The van der Waals surface area contributed by atoms with Crippen molar-refractivity contribution in [3.8, 4) is 17.2 Å². The lowest BCUT2D eigenvalue weighted by Gasteiger charge is -2.47. The number of ether oxygens (including phenoxy) is 6. The van der Waals surface area contributed by atoms with Crippen LogP contribution in [0.25, 0.3) is 0 Å². The Morgan fingerprint density at radius 2 is 1.40 bits per heavy atom. The van der Waals surface area contributed by atoms with Gasteiger partial charge in [0.15, 0.2) is 11.5 Å². The van der Waals surface area contributed by atoms with Crippen LogP contribution in [0.5, 0.6) is 17.2 Å². The lowest BCUT2D eigenvalue weighted by molar-refractivity contribution is -0.284. The maximum Gasteiger partial charge on any atom is 0.355 e. The average molecular weight is 937 g/mol. The van der Waals surface area contributed by atoms with Gasteiger partial charge in [-0.2, -0.15) is 0 Å². The molecule has 65 heavy (non-hydrogen) atoms. The van der Waals surface area contributed by atoms with Gasteiger partial charge < -0.3 is 33.3 Å². The molecule has 3 fully saturated rings. The molecule has 16 nitrogen and oxygen atoms in total. The summed E-state index contributed by atoms with van der Waals surface area (Å²) in [7, 11) is 4.29. The Balaban J connectivity index is 1.17. The van der Waals surface area contributed by atoms with Gasteiger partial charge in [0, 0.05) is 50.4 Å². The number of hydrogen-bond acceptors (Lipinski definition) is 14. The number of carbonyl (C=O) groups is 5. The summed E-state index contributed by atoms with van der Waals surface area (Å²) >= 11 is 13.1. The first kappa shape index (κ1) is 47.6. The van der Waals surface area contributed by atoms with Crippen LogP contribution in [-0.2, 0) is 44.2 Å². The van der Waals surface area contributed by atoms with Gasteiger partial charge in [-0.15, -0.1) is 0 Å². The van der Waals surface area contributed by atoms with Crippen LogP contribution in [0.3, 0.4) is 0 Å². The highest BCUT2D eigenvalue weighted by molar-refractivity contribution is 6.42. The lowest BCUT2D eigenvalue weighted by atomic mass is 9.71. The van der Waals surface area contributed by atoms with Crippen LogP contribution < -0.4 is 19.6 Å². The van der Waals surface area contributed by atoms with E-state index in [1.54, 1.807) is 25.1 Å². The lowest BCUT2D eigenvalue weighted by Crippen LogP contribution is -2.63. The van der Waals surface area contributed by atoms with Gasteiger partial charge in [0.2, 0.25) is 11.7 Å². The summed E-state index contributed by atoms with van der Waals surface area (Å²) in [6, 6.07) is 17.3. The summed E-state index contributed by atoms with van der Waals surface area (Å²) in [6.07, 6.45) is 3.29. The third-order valence-electron chi connectivity index (χ3n) is 13.3. The molecule has 2 amide bonds. The Morgan fingerprint density at radius 1 is 0.769 bits per heavy atom. The zero-order chi connectivity index (χ0) is 46.5. The SMILES string of the molecule is CCOC(=O)[C@H](C)N1CCN(NC(=O)C2(c3ccccc3)CCN(CC[C@@]3(c4ccc(Cl)c(Cl)c4)CCN(C(=O)c4cc(OC)c(OC)c(OC)c4)C34OC(=O)C=CC(=O)O4)CC2)CC1. The highest BCUT2D eigenvalue weighted by atomic mass is 35.5. The van der Waals surface area contributed by atoms with Crippen molar-refractivity contribution in [1.82, 2.24) is 25.1 Å². The van der Waals surface area contributed by atoms with Gasteiger partial charge in [0.25, 0.3) is 5.91 Å². The molecule has 0 radical (unpaired) electrons. The highest BCUT2D eigenvalue weighted by Gasteiger charge is 2.68. The van der Waals surface area contributed by atoms with Crippen LogP contribution in [0.4, 0.5) is 0 Å². The van der Waals surface area contributed by atoms with Crippen LogP contribution in [0.15, 0.2) is 72.8 Å². The van der Waals surface area contributed by atoms with Crippen molar-refractivity contribution in [3.63, 3.8) is 0 Å². The number of rotatable bonds is 14. The van der Waals surface area contributed by atoms with E-state index in [0.29, 0.717) is 70.8 Å². The van der Waals surface area contributed by atoms with Crippen LogP contribution in [0.2, 0.25) is 10.0 Å². The van der Waals surface area contributed by atoms with E-state index in [1.807, 2.05) is 42.3 Å². The third-order valence-corrected chi connectivity index (χ3v) is 14.0. The van der Waals surface area contributed by atoms with Crippen molar-refractivity contribution in [3.05, 3.63) is 99.6 Å². The Morgan fingerprint density at radius 3 is 1.97 bits per heavy atom. The molecule has 1 N–H and O–H groups in total. The second kappa shape index (κ2) is 20.0. The van der Waals surface area contributed by atoms with Crippen LogP contribution in [0.1, 0.15) is 61.0 Å². The van der Waals surface area contributed by atoms with Crippen molar-refractivity contribution in [2.45, 2.75) is 62.3 Å². The Bertz CT molecular complexity index is 2250. The van der Waals surface area contributed by atoms with Gasteiger partial charge in [-0.05, 0) is 94.6 Å². The number of nitrogens with zero attached hydrogens (tertiary/aromatic N) is 4. The summed E-state index contributed by atoms with van der Waals surface area (Å²) in [5, 5.41) is 2.41. The normalized spacial score (nSPS) is 21.5. The molecule has 3 aromatic rings. The number of likely N-dealkylation sites (tertiary alicyclic amines) is 2. The predicted molar refractivity (Wildman–Crippen MR) is 240 cm³/mol. The number of piperidine rings is 1. The van der Waals surface area contributed by atoms with Gasteiger partial charge in [-0.25, -0.2) is 14.6 Å². The average Bonchev–Trinajstić information content (AvgIpc) is 3.53. The Labute approximate surface area is 388 Å². The van der Waals surface area contributed by atoms with Crippen molar-refractivity contribution in [1.29, 1.82) is 0 Å². The molecule has 0 bridgehead atoms. The number of hydrogen-bond donors (Lipinski definition) is 1. The van der Waals surface area contributed by atoms with E-state index in [9.17, 15) is 24.0 Å². The monoisotopic (exact) mass is 935 g/mol. The molecule has 3 saturated heterocycles. The molecular formula is C47H55Cl2N5O11. The van der Waals surface area contributed by atoms with Crippen molar-refractivity contribution < 1.29 is 52.4 Å². The minimum Gasteiger partial charge on any atom is -0.493 e. The van der Waals surface area contributed by atoms with Crippen LogP contribution in [0, 0.1) is 0 Å². The first-order valence-electron chi connectivity index (χ1n) is 21.7. The maximum absolute atomic E-state index is 14.9. The summed E-state index contributed by atoms with van der Waals surface area (Å²) in [5.41, 5.74) is 2.50. The summed E-state index contributed by atoms with van der Waals surface area (Å²) < 4.78 is 34.3. The van der Waals surface area contributed by atoms with Crippen molar-refractivity contribution in [2.24, 2.45) is 0 Å². The van der Waals surface area contributed by atoms with Crippen molar-refractivity contribution >= 4 is 52.9 Å². The van der Waals surface area contributed by atoms with E-state index in [0.717, 1.165) is 17.7 Å². The number of benzene rings is 3. The minimum absolute atomic E-state index is 0.0103. The first-order valence-corrected chi connectivity index (χ1v) is 22.5. The molecule has 1 spiro atoms. The summed E-state index contributed by atoms with van der Waals surface area (Å²) in [6.45, 7) is 7.56. The third kappa shape index (κ3) is 9.24. The van der Waals surface area contributed by atoms with Gasteiger partial charge in [0.05, 0.1) is 48.8 Å². The van der Waals surface area contributed by atoms with E-state index in [2.05, 4.69) is 15.2 Å². The zero-order valence-electron chi connectivity index (χ0n) is 37.2. The molecule has 2 atom stereocenters. The van der Waals surface area contributed by atoms with E-state index in [4.69, 9.17) is 51.6 Å². The number of methoxy groups -OCH3 is 3. The first-order chi connectivity index (χ1) is 31.2. The number of amides is 2. The molecule has 3 aromatic carbocycles. The fourth-order valence-electron chi connectivity index (χ4n) is 9.61. The van der Waals surface area contributed by atoms with E-state index in [1.165, 1.54) is 38.4 Å². The summed E-state index contributed by atoms with van der Waals surface area (Å²) in [4.78, 5) is 74.5. The smallest absolute Gasteiger partial charge is 0.355 e. The number of hydrazine groups is 1. The number of carbonyl (C=O) groups excluding carboxylic acids is 5. The molecule has 4 aliphatic rings. The minimum atomic E-state index is -2.30. The molecule has 7 rings (SSSR count). The predicted octanol–water partition coefficient (Wildman–Crippen LogP) is 5.14. The molecular weight excluding hydrogens is 881 g/mol. The molecule has 4 aliphatic heterocycles. The maximum atomic E-state index is 14.9. The Kier molecular flexibility index (Phi) is 14.6. The molecule has 0 aromatic heterocycles. The number of nitrogens with one attached hydrogen (secondary N) is 1. The van der Waals surface area contributed by atoms with Gasteiger partial charge in [-0.3, -0.25) is 29.6 Å². The second-order valence-electron chi connectivity index (χ2n) is 16.5. The fraction of sp³-hybridized carbons (Fsp3) is 0.468. The van der Waals surface area contributed by atoms with E-state index in [-0.39, 0.29) is 70.2 Å². The van der Waals surface area contributed by atoms with E-state index < -0.39 is 34.6 Å². The number of esters is 3. The fourth-order valence-corrected chi connectivity index (χ4v) is 9.91. The Hall–Kier alpha value is -5.39. The van der Waals surface area contributed by atoms with Crippen molar-refractivity contribution in [2.75, 3.05) is 80.3 Å². The van der Waals surface area contributed by atoms with Gasteiger partial charge in [0.1, 0.15) is 6.04 Å². The number of piperazine rings is 1. The van der Waals surface area contributed by atoms with Crippen LogP contribution in [-0.4, -0.2) is 142 Å². The second-order valence-corrected chi connectivity index (χ2v) is 17.3. The van der Waals surface area contributed by atoms with Crippen LogP contribution >= 0.6 is 23.2 Å². The quantitative estimate of drug-likeness (QED) is 0.211. The molecule has 348 valence electrons. The molecule has 0 unspecified atom stereocenters. The molecule has 0 aliphatic carbocycles. The number of halogens is 2. The molecule has 4 heterocycles. The zero-order valence-corrected chi connectivity index (χ0v) is 38.7. The molecule has 18 heteroatoms. The van der Waals surface area contributed by atoms with E-state index >= 15 is 0 Å². The van der Waals surface area contributed by atoms with Gasteiger partial charge >= 0.3 is 23.8 Å². The topological polar surface area (TPSA) is 166 Å². The van der Waals surface area contributed by atoms with Gasteiger partial charge in [-0.1, -0.05) is 59.6 Å². The highest BCUT2D eigenvalue weighted by Crippen LogP contribution is 2.54. The standard InChI is InChI=1S/C47H55Cl2N5O11/c1-6-63-43(58)31(2)52-24-26-53(27-25-52)50-44(59)45(33-10-8-7-9-11-33)16-20-51(21-17-45)22-18-46(34-12-13-35(48)36(49)30-34)19-23-54(47(46)64-39(55)14-15-40(56)65-47)42(57)32-28-37(60-3)41(62-5)38(29-32)61-4/h7-15,28-31H,6,16-27H2,1-5H3,(H,50,59)/t31-,46-/m0/s1. The molecule has 0 saturated carbocycles. The summed E-state index contributed by atoms with van der Waals surface area (Å²) in [5.74, 6) is -4.41.